The highest BCUT2D eigenvalue weighted by Crippen LogP contribution is 2.41. The van der Waals surface area contributed by atoms with Crippen molar-refractivity contribution < 1.29 is 9.84 Å². The highest BCUT2D eigenvalue weighted by Gasteiger charge is 2.38. The molecule has 1 heterocycles. The molecule has 3 rings (SSSR count). The van der Waals surface area contributed by atoms with Crippen LogP contribution in [0.25, 0.3) is 0 Å². The van der Waals surface area contributed by atoms with E-state index in [0.717, 1.165) is 16.7 Å². The molecule has 21 heavy (non-hydrogen) atoms. The first kappa shape index (κ1) is 14.4. The largest absolute Gasteiger partial charge is 0.488 e. The lowest BCUT2D eigenvalue weighted by atomic mass is 9.83. The summed E-state index contributed by atoms with van der Waals surface area (Å²) in [5.74, 6) is 0.717. The summed E-state index contributed by atoms with van der Waals surface area (Å²) < 4.78 is 5.87. The highest BCUT2D eigenvalue weighted by molar-refractivity contribution is 6.30. The Labute approximate surface area is 129 Å². The van der Waals surface area contributed by atoms with Gasteiger partial charge in [0, 0.05) is 17.1 Å². The molecule has 4 heteroatoms. The van der Waals surface area contributed by atoms with Gasteiger partial charge in [-0.05, 0) is 43.4 Å². The van der Waals surface area contributed by atoms with Crippen LogP contribution in [0, 0.1) is 0 Å². The Morgan fingerprint density at radius 2 is 1.95 bits per heavy atom. The van der Waals surface area contributed by atoms with E-state index in [1.807, 2.05) is 61.5 Å². The zero-order chi connectivity index (χ0) is 15.0. The summed E-state index contributed by atoms with van der Waals surface area (Å²) in [6.07, 6.45) is 0. The lowest BCUT2D eigenvalue weighted by molar-refractivity contribution is 0.0508. The molecule has 3 nitrogen and oxygen atoms in total. The first-order valence-corrected chi connectivity index (χ1v) is 7.27. The van der Waals surface area contributed by atoms with Gasteiger partial charge in [-0.15, -0.1) is 0 Å². The van der Waals surface area contributed by atoms with Crippen molar-refractivity contribution in [3.63, 3.8) is 0 Å². The van der Waals surface area contributed by atoms with Gasteiger partial charge < -0.3 is 14.7 Å². The molecule has 0 saturated heterocycles. The van der Waals surface area contributed by atoms with Crippen molar-refractivity contribution in [3.8, 4) is 5.75 Å². The minimum atomic E-state index is -1.14. The van der Waals surface area contributed by atoms with E-state index in [4.69, 9.17) is 16.3 Å². The number of fused-ring (bicyclic) bond motifs is 2. The Morgan fingerprint density at radius 1 is 1.19 bits per heavy atom. The van der Waals surface area contributed by atoms with E-state index in [1.54, 1.807) is 0 Å². The summed E-state index contributed by atoms with van der Waals surface area (Å²) in [6, 6.07) is 13.2. The quantitative estimate of drug-likeness (QED) is 0.925. The van der Waals surface area contributed by atoms with Gasteiger partial charge in [0.05, 0.1) is 0 Å². The van der Waals surface area contributed by atoms with Gasteiger partial charge in [0.2, 0.25) is 0 Å². The lowest BCUT2D eigenvalue weighted by Gasteiger charge is -2.32. The van der Waals surface area contributed by atoms with Crippen LogP contribution in [0.1, 0.15) is 16.7 Å². The number of nitrogens with zero attached hydrogens (tertiary/aromatic N) is 1. The molecule has 0 fully saturated rings. The van der Waals surface area contributed by atoms with Gasteiger partial charge in [0.1, 0.15) is 18.0 Å². The molecule has 0 radical (unpaired) electrons. The maximum absolute atomic E-state index is 11.5. The van der Waals surface area contributed by atoms with Crippen molar-refractivity contribution in [2.24, 2.45) is 0 Å². The minimum absolute atomic E-state index is 0.430. The van der Waals surface area contributed by atoms with Gasteiger partial charge >= 0.3 is 0 Å². The molecule has 1 aliphatic heterocycles. The maximum Gasteiger partial charge on any atom is 0.131 e. The summed E-state index contributed by atoms with van der Waals surface area (Å²) in [7, 11) is 3.88. The Morgan fingerprint density at radius 3 is 2.71 bits per heavy atom. The average molecular weight is 304 g/mol. The predicted molar refractivity (Wildman–Crippen MR) is 83.8 cm³/mol. The predicted octanol–water partition coefficient (Wildman–Crippen LogP) is 3.03. The number of hydrogen-bond donors (Lipinski definition) is 1. The molecule has 1 N–H and O–H groups in total. The molecule has 0 aromatic heterocycles. The van der Waals surface area contributed by atoms with Crippen molar-refractivity contribution in [3.05, 3.63) is 64.2 Å². The van der Waals surface area contributed by atoms with Gasteiger partial charge in [-0.3, -0.25) is 0 Å². The zero-order valence-corrected chi connectivity index (χ0v) is 12.9. The molecule has 1 aliphatic rings. The number of benzene rings is 2. The van der Waals surface area contributed by atoms with Gasteiger partial charge in [-0.1, -0.05) is 35.9 Å². The van der Waals surface area contributed by atoms with Crippen molar-refractivity contribution in [1.29, 1.82) is 0 Å². The molecule has 0 spiro atoms. The number of likely N-dealkylation sites (N-methyl/N-ethyl adjacent to an activating group) is 1. The lowest BCUT2D eigenvalue weighted by Crippen LogP contribution is -2.39. The summed E-state index contributed by atoms with van der Waals surface area (Å²) in [6.45, 7) is 0.889. The zero-order valence-electron chi connectivity index (χ0n) is 12.1. The van der Waals surface area contributed by atoms with E-state index in [2.05, 4.69) is 0 Å². The molecular formula is C17H18ClNO2. The normalized spacial score (nSPS) is 20.4. The fourth-order valence-electron chi connectivity index (χ4n) is 2.92. The van der Waals surface area contributed by atoms with Crippen LogP contribution in [-0.4, -0.2) is 30.6 Å². The van der Waals surface area contributed by atoms with E-state index in [1.165, 1.54) is 0 Å². The van der Waals surface area contributed by atoms with Crippen molar-refractivity contribution in [2.45, 2.75) is 12.2 Å². The topological polar surface area (TPSA) is 32.7 Å². The van der Waals surface area contributed by atoms with Crippen molar-refractivity contribution in [1.82, 2.24) is 4.90 Å². The standard InChI is InChI=1S/C17H18ClNO2/c1-19(2)11-17(20)14-5-3-4-6-16(14)21-10-12-7-8-13(18)9-15(12)17/h3-9,20H,10-11H2,1-2H3. The number of rotatable bonds is 2. The van der Waals surface area contributed by atoms with Crippen LogP contribution in [0.15, 0.2) is 42.5 Å². The molecule has 2 aromatic rings. The molecule has 0 saturated carbocycles. The van der Waals surface area contributed by atoms with Crippen LogP contribution in [-0.2, 0) is 12.2 Å². The third-order valence-corrected chi connectivity index (χ3v) is 4.01. The number of aliphatic hydroxyl groups is 1. The van der Waals surface area contributed by atoms with Crippen LogP contribution in [0.2, 0.25) is 5.02 Å². The smallest absolute Gasteiger partial charge is 0.131 e. The van der Waals surface area contributed by atoms with Gasteiger partial charge in [-0.25, -0.2) is 0 Å². The first-order chi connectivity index (χ1) is 10.0. The van der Waals surface area contributed by atoms with E-state index < -0.39 is 5.60 Å². The van der Waals surface area contributed by atoms with Gasteiger partial charge in [0.25, 0.3) is 0 Å². The second-order valence-electron chi connectivity index (χ2n) is 5.68. The van der Waals surface area contributed by atoms with Crippen LogP contribution >= 0.6 is 11.6 Å². The van der Waals surface area contributed by atoms with Crippen LogP contribution in [0.5, 0.6) is 5.75 Å². The summed E-state index contributed by atoms with van der Waals surface area (Å²) in [5, 5.41) is 12.1. The molecule has 2 aromatic carbocycles. The molecular weight excluding hydrogens is 286 g/mol. The van der Waals surface area contributed by atoms with Crippen molar-refractivity contribution >= 4 is 11.6 Å². The molecule has 0 aliphatic carbocycles. The fourth-order valence-corrected chi connectivity index (χ4v) is 3.09. The molecule has 0 amide bonds. The van der Waals surface area contributed by atoms with E-state index in [0.29, 0.717) is 23.9 Å². The van der Waals surface area contributed by atoms with Crippen molar-refractivity contribution in [2.75, 3.05) is 20.6 Å². The Kier molecular flexibility index (Phi) is 3.66. The second kappa shape index (κ2) is 5.34. The maximum atomic E-state index is 11.5. The summed E-state index contributed by atoms with van der Waals surface area (Å²) >= 11 is 6.16. The third-order valence-electron chi connectivity index (χ3n) is 3.78. The van der Waals surface area contributed by atoms with Gasteiger partial charge in [-0.2, -0.15) is 0 Å². The first-order valence-electron chi connectivity index (χ1n) is 6.89. The molecule has 1 unspecified atom stereocenters. The second-order valence-corrected chi connectivity index (χ2v) is 6.12. The monoisotopic (exact) mass is 303 g/mol. The number of halogens is 1. The Hall–Kier alpha value is -1.55. The van der Waals surface area contributed by atoms with E-state index in [-0.39, 0.29) is 0 Å². The summed E-state index contributed by atoms with van der Waals surface area (Å²) in [4.78, 5) is 1.97. The average Bonchev–Trinajstić information content (AvgIpc) is 2.55. The summed E-state index contributed by atoms with van der Waals surface area (Å²) in [5.41, 5.74) is 1.41. The fraction of sp³-hybridized carbons (Fsp3) is 0.294. The molecule has 110 valence electrons. The molecule has 1 atom stereocenters. The molecule has 0 bridgehead atoms. The van der Waals surface area contributed by atoms with E-state index >= 15 is 0 Å². The minimum Gasteiger partial charge on any atom is -0.488 e. The Balaban J connectivity index is 2.26. The number of hydrogen-bond acceptors (Lipinski definition) is 3. The SMILES string of the molecule is CN(C)CC1(O)c2cc(Cl)ccc2COc2ccccc21. The number of ether oxygens (including phenoxy) is 1. The van der Waals surface area contributed by atoms with Crippen LogP contribution < -0.4 is 4.74 Å². The van der Waals surface area contributed by atoms with Gasteiger partial charge in [0.15, 0.2) is 0 Å². The van der Waals surface area contributed by atoms with Crippen LogP contribution in [0.3, 0.4) is 0 Å². The van der Waals surface area contributed by atoms with E-state index in [9.17, 15) is 5.11 Å². The third kappa shape index (κ3) is 2.53. The Bertz CT molecular complexity index is 672. The highest BCUT2D eigenvalue weighted by atomic mass is 35.5. The number of para-hydroxylation sites is 1. The van der Waals surface area contributed by atoms with Crippen LogP contribution in [0.4, 0.5) is 0 Å².